The van der Waals surface area contributed by atoms with Crippen LogP contribution in [-0.2, 0) is 29.0 Å². The number of carbonyl (C=O) groups is 2. The zero-order valence-electron chi connectivity index (χ0n) is 19.8. The molecule has 2 atom stereocenters. The zero-order valence-corrected chi connectivity index (χ0v) is 19.8. The lowest BCUT2D eigenvalue weighted by molar-refractivity contribution is -0.141. The van der Waals surface area contributed by atoms with Crippen LogP contribution in [-0.4, -0.2) is 28.8 Å². The summed E-state index contributed by atoms with van der Waals surface area (Å²) in [6.07, 6.45) is 3.53. The molecule has 2 aromatic rings. The molecule has 168 valence electrons. The van der Waals surface area contributed by atoms with Crippen LogP contribution in [0, 0.1) is 6.92 Å². The second-order valence-electron chi connectivity index (χ2n) is 8.42. The van der Waals surface area contributed by atoms with E-state index in [2.05, 4.69) is 42.6 Å². The predicted molar refractivity (Wildman–Crippen MR) is 128 cm³/mol. The number of aryl methyl sites for hydroxylation is 3. The molecule has 4 nitrogen and oxygen atoms in total. The Bertz CT molecular complexity index is 845. The smallest absolute Gasteiger partial charge is 0.243 e. The van der Waals surface area contributed by atoms with Crippen LogP contribution in [0.15, 0.2) is 48.5 Å². The van der Waals surface area contributed by atoms with E-state index in [0.717, 1.165) is 29.5 Å². The van der Waals surface area contributed by atoms with Gasteiger partial charge in [0, 0.05) is 19.0 Å². The van der Waals surface area contributed by atoms with Crippen LogP contribution >= 0.6 is 0 Å². The maximum absolute atomic E-state index is 13.3. The van der Waals surface area contributed by atoms with Crippen molar-refractivity contribution >= 4 is 11.8 Å². The number of nitrogens with zero attached hydrogens (tertiary/aromatic N) is 1. The molecule has 2 amide bonds. The van der Waals surface area contributed by atoms with Crippen molar-refractivity contribution in [1.82, 2.24) is 10.2 Å². The largest absolute Gasteiger partial charge is 0.352 e. The van der Waals surface area contributed by atoms with Crippen LogP contribution in [0.25, 0.3) is 0 Å². The molecule has 0 bridgehead atoms. The number of hydrogen-bond acceptors (Lipinski definition) is 2. The highest BCUT2D eigenvalue weighted by Gasteiger charge is 2.29. The summed E-state index contributed by atoms with van der Waals surface area (Å²) in [6, 6.07) is 16.2. The van der Waals surface area contributed by atoms with E-state index in [9.17, 15) is 9.59 Å². The first-order chi connectivity index (χ1) is 14.9. The van der Waals surface area contributed by atoms with E-state index in [4.69, 9.17) is 0 Å². The maximum atomic E-state index is 13.3. The number of carbonyl (C=O) groups excluding carboxylic acids is 2. The molecule has 0 aliphatic heterocycles. The van der Waals surface area contributed by atoms with Gasteiger partial charge >= 0.3 is 0 Å². The minimum Gasteiger partial charge on any atom is -0.352 e. The number of benzene rings is 2. The molecule has 2 rings (SSSR count). The van der Waals surface area contributed by atoms with E-state index >= 15 is 0 Å². The Hall–Kier alpha value is -2.62. The van der Waals surface area contributed by atoms with Crippen molar-refractivity contribution in [3.63, 3.8) is 0 Å². The zero-order chi connectivity index (χ0) is 22.8. The van der Waals surface area contributed by atoms with Crippen molar-refractivity contribution in [3.05, 3.63) is 70.8 Å². The normalized spacial score (nSPS) is 12.8. The Morgan fingerprint density at radius 2 is 1.61 bits per heavy atom. The predicted octanol–water partition coefficient (Wildman–Crippen LogP) is 5.21. The molecule has 0 aliphatic rings. The summed E-state index contributed by atoms with van der Waals surface area (Å²) < 4.78 is 0. The molecule has 0 fully saturated rings. The third-order valence-corrected chi connectivity index (χ3v) is 5.88. The molecule has 0 aliphatic carbocycles. The van der Waals surface area contributed by atoms with Gasteiger partial charge in [0.05, 0.1) is 0 Å². The van der Waals surface area contributed by atoms with E-state index in [1.807, 2.05) is 45.9 Å². The van der Waals surface area contributed by atoms with E-state index in [0.29, 0.717) is 25.8 Å². The molecular formula is C27H38N2O2. The molecule has 2 aromatic carbocycles. The van der Waals surface area contributed by atoms with Gasteiger partial charge in [-0.1, -0.05) is 74.9 Å². The van der Waals surface area contributed by atoms with E-state index in [1.165, 1.54) is 5.56 Å². The third kappa shape index (κ3) is 7.54. The quantitative estimate of drug-likeness (QED) is 0.540. The molecule has 0 unspecified atom stereocenters. The average molecular weight is 423 g/mol. The van der Waals surface area contributed by atoms with Crippen LogP contribution in [0.1, 0.15) is 69.2 Å². The molecule has 0 spiro atoms. The van der Waals surface area contributed by atoms with Crippen molar-refractivity contribution in [2.75, 3.05) is 0 Å². The molecule has 0 radical (unpaired) electrons. The molecule has 0 saturated heterocycles. The summed E-state index contributed by atoms with van der Waals surface area (Å²) in [6.45, 7) is 10.6. The Morgan fingerprint density at radius 1 is 0.935 bits per heavy atom. The van der Waals surface area contributed by atoms with Gasteiger partial charge in [-0.15, -0.1) is 0 Å². The summed E-state index contributed by atoms with van der Waals surface area (Å²) in [5.41, 5.74) is 4.65. The van der Waals surface area contributed by atoms with Crippen molar-refractivity contribution < 1.29 is 9.59 Å². The van der Waals surface area contributed by atoms with Gasteiger partial charge in [0.15, 0.2) is 0 Å². The number of nitrogens with one attached hydrogen (secondary N) is 1. The fraction of sp³-hybridized carbons (Fsp3) is 0.481. The first-order valence-corrected chi connectivity index (χ1v) is 11.6. The number of rotatable bonds is 11. The fourth-order valence-electron chi connectivity index (χ4n) is 3.70. The van der Waals surface area contributed by atoms with Crippen LogP contribution in [0.5, 0.6) is 0 Å². The van der Waals surface area contributed by atoms with E-state index < -0.39 is 6.04 Å². The van der Waals surface area contributed by atoms with Crippen LogP contribution in [0.4, 0.5) is 0 Å². The SMILES string of the molecule is CCc1ccc(CCC(=O)N(Cc2cccc(C)c2)[C@H](CC)C(=O)N[C@H](C)CC)cc1. The molecular weight excluding hydrogens is 384 g/mol. The monoisotopic (exact) mass is 422 g/mol. The van der Waals surface area contributed by atoms with Gasteiger partial charge in [0.1, 0.15) is 6.04 Å². The van der Waals surface area contributed by atoms with Crippen molar-refractivity contribution in [2.24, 2.45) is 0 Å². The molecule has 0 heterocycles. The topological polar surface area (TPSA) is 49.4 Å². The summed E-state index contributed by atoms with van der Waals surface area (Å²) in [5, 5.41) is 3.07. The summed E-state index contributed by atoms with van der Waals surface area (Å²) in [7, 11) is 0. The first-order valence-electron chi connectivity index (χ1n) is 11.6. The van der Waals surface area contributed by atoms with Crippen LogP contribution in [0.3, 0.4) is 0 Å². The second-order valence-corrected chi connectivity index (χ2v) is 8.42. The van der Waals surface area contributed by atoms with E-state index in [1.54, 1.807) is 4.90 Å². The van der Waals surface area contributed by atoms with Gasteiger partial charge in [-0.25, -0.2) is 0 Å². The van der Waals surface area contributed by atoms with Crippen molar-refractivity contribution in [2.45, 2.75) is 85.4 Å². The Kier molecular flexibility index (Phi) is 9.77. The van der Waals surface area contributed by atoms with Crippen LogP contribution < -0.4 is 5.32 Å². The lowest BCUT2D eigenvalue weighted by atomic mass is 10.0. The van der Waals surface area contributed by atoms with Gasteiger partial charge in [-0.2, -0.15) is 0 Å². The van der Waals surface area contributed by atoms with Crippen molar-refractivity contribution in [3.8, 4) is 0 Å². The van der Waals surface area contributed by atoms with Gasteiger partial charge in [0.2, 0.25) is 11.8 Å². The lowest BCUT2D eigenvalue weighted by Crippen LogP contribution is -2.50. The van der Waals surface area contributed by atoms with Gasteiger partial charge in [-0.3, -0.25) is 9.59 Å². The summed E-state index contributed by atoms with van der Waals surface area (Å²) in [5.74, 6) is -0.0441. The first kappa shape index (κ1) is 24.6. The standard InChI is InChI=1S/C27H38N2O2/c1-6-21(5)28-27(31)25(8-3)29(19-24-11-9-10-20(4)18-24)26(30)17-16-23-14-12-22(7-2)13-15-23/h9-15,18,21,25H,6-8,16-17,19H2,1-5H3,(H,28,31)/t21-,25-/m1/s1. The number of amides is 2. The summed E-state index contributed by atoms with van der Waals surface area (Å²) in [4.78, 5) is 28.1. The average Bonchev–Trinajstić information content (AvgIpc) is 2.77. The highest BCUT2D eigenvalue weighted by molar-refractivity contribution is 5.87. The second kappa shape index (κ2) is 12.3. The maximum Gasteiger partial charge on any atom is 0.243 e. The minimum atomic E-state index is -0.468. The third-order valence-electron chi connectivity index (χ3n) is 5.88. The van der Waals surface area contributed by atoms with Crippen LogP contribution in [0.2, 0.25) is 0 Å². The molecule has 0 aromatic heterocycles. The molecule has 1 N–H and O–H groups in total. The molecule has 4 heteroatoms. The Morgan fingerprint density at radius 3 is 2.19 bits per heavy atom. The van der Waals surface area contributed by atoms with Crippen molar-refractivity contribution in [1.29, 1.82) is 0 Å². The molecule has 0 saturated carbocycles. The fourth-order valence-corrected chi connectivity index (χ4v) is 3.70. The Labute approximate surface area is 188 Å². The highest BCUT2D eigenvalue weighted by atomic mass is 16.2. The van der Waals surface area contributed by atoms with Gasteiger partial charge in [-0.05, 0) is 56.2 Å². The molecule has 31 heavy (non-hydrogen) atoms. The van der Waals surface area contributed by atoms with E-state index in [-0.39, 0.29) is 17.9 Å². The minimum absolute atomic E-state index is 0.0206. The lowest BCUT2D eigenvalue weighted by Gasteiger charge is -2.31. The van der Waals surface area contributed by atoms with Gasteiger partial charge < -0.3 is 10.2 Å². The number of hydrogen-bond donors (Lipinski definition) is 1. The summed E-state index contributed by atoms with van der Waals surface area (Å²) >= 11 is 0. The Balaban J connectivity index is 2.19. The van der Waals surface area contributed by atoms with Gasteiger partial charge in [0.25, 0.3) is 0 Å². The highest BCUT2D eigenvalue weighted by Crippen LogP contribution is 2.17.